The van der Waals surface area contributed by atoms with Gasteiger partial charge >= 0.3 is 16.5 Å². The van der Waals surface area contributed by atoms with Crippen LogP contribution < -0.4 is 4.18 Å². The number of hydrogen-bond donors (Lipinski definition) is 1. The zero-order valence-electron chi connectivity index (χ0n) is 11.0. The van der Waals surface area contributed by atoms with Gasteiger partial charge in [0.25, 0.3) is 0 Å². The summed E-state index contributed by atoms with van der Waals surface area (Å²) in [6.07, 6.45) is -0.327. The van der Waals surface area contributed by atoms with Gasteiger partial charge in [0, 0.05) is 0 Å². The van der Waals surface area contributed by atoms with Crippen molar-refractivity contribution in [3.8, 4) is 5.75 Å². The Hall–Kier alpha value is -1.67. The van der Waals surface area contributed by atoms with Crippen molar-refractivity contribution in [2.45, 2.75) is 25.9 Å². The van der Waals surface area contributed by atoms with E-state index in [1.807, 2.05) is 0 Å². The number of benzene rings is 1. The zero-order chi connectivity index (χ0) is 15.4. The van der Waals surface area contributed by atoms with Crippen molar-refractivity contribution in [2.75, 3.05) is 6.61 Å². The van der Waals surface area contributed by atoms with Crippen LogP contribution >= 0.6 is 0 Å². The van der Waals surface area contributed by atoms with E-state index < -0.39 is 22.1 Å². The zero-order valence-corrected chi connectivity index (χ0v) is 11.8. The van der Waals surface area contributed by atoms with E-state index >= 15 is 0 Å². The Morgan fingerprint density at radius 2 is 2.10 bits per heavy atom. The van der Waals surface area contributed by atoms with Crippen LogP contribution in [0.1, 0.15) is 25.8 Å². The number of rotatable bonds is 6. The van der Waals surface area contributed by atoms with Gasteiger partial charge in [-0.25, -0.2) is 0 Å². The lowest BCUT2D eigenvalue weighted by molar-refractivity contribution is -0.148. The number of ether oxygens (including phenoxy) is 1. The lowest BCUT2D eigenvalue weighted by Gasteiger charge is -2.23. The molecule has 0 saturated heterocycles. The second-order valence-corrected chi connectivity index (χ2v) is 5.21. The highest BCUT2D eigenvalue weighted by Crippen LogP contribution is 2.28. The van der Waals surface area contributed by atoms with Gasteiger partial charge in [-0.05, 0) is 31.5 Å². The first-order valence-electron chi connectivity index (χ1n) is 5.76. The minimum absolute atomic E-state index is 0.179. The van der Waals surface area contributed by atoms with Crippen molar-refractivity contribution in [2.24, 2.45) is 0 Å². The molecule has 8 heteroatoms. The summed E-state index contributed by atoms with van der Waals surface area (Å²) in [5.74, 6) is -0.906. The third-order valence-electron chi connectivity index (χ3n) is 2.45. The van der Waals surface area contributed by atoms with Crippen LogP contribution in [0.3, 0.4) is 0 Å². The normalized spacial score (nSPS) is 14.4. The Balaban J connectivity index is 2.95. The molecule has 0 aliphatic rings. The Bertz CT molecular complexity index is 581. The Morgan fingerprint density at radius 3 is 2.65 bits per heavy atom. The van der Waals surface area contributed by atoms with Crippen LogP contribution in [0.25, 0.3) is 0 Å². The maximum absolute atomic E-state index is 12.4. The van der Waals surface area contributed by atoms with Gasteiger partial charge in [0.05, 0.1) is 18.6 Å². The Labute approximate surface area is 116 Å². The molecule has 0 aliphatic heterocycles. The summed E-state index contributed by atoms with van der Waals surface area (Å²) in [4.78, 5) is 11.4. The van der Waals surface area contributed by atoms with Gasteiger partial charge in [0.2, 0.25) is 0 Å². The molecule has 6 nitrogen and oxygen atoms in total. The molecule has 112 valence electrons. The summed E-state index contributed by atoms with van der Waals surface area (Å²) >= 11 is 0. The van der Waals surface area contributed by atoms with E-state index in [2.05, 4.69) is 4.18 Å². The SMILES string of the molecule is CCOC(=O)CC(C)(O)c1cccc(OS(=O)(=O)F)c1. The quantitative estimate of drug-likeness (QED) is 0.632. The lowest BCUT2D eigenvalue weighted by Crippen LogP contribution is -2.26. The smallest absolute Gasteiger partial charge is 0.466 e. The van der Waals surface area contributed by atoms with E-state index in [0.717, 1.165) is 6.07 Å². The number of hydrogen-bond acceptors (Lipinski definition) is 6. The molecule has 0 fully saturated rings. The van der Waals surface area contributed by atoms with Gasteiger partial charge in [0.15, 0.2) is 0 Å². The number of esters is 1. The number of carbonyl (C=O) groups is 1. The molecule has 0 bridgehead atoms. The summed E-state index contributed by atoms with van der Waals surface area (Å²) in [5.41, 5.74) is -1.39. The molecule has 0 heterocycles. The van der Waals surface area contributed by atoms with Crippen molar-refractivity contribution >= 4 is 16.5 Å². The highest BCUT2D eigenvalue weighted by atomic mass is 32.3. The summed E-state index contributed by atoms with van der Waals surface area (Å²) in [6, 6.07) is 5.17. The Morgan fingerprint density at radius 1 is 1.45 bits per heavy atom. The van der Waals surface area contributed by atoms with Gasteiger partial charge in [-0.15, -0.1) is 0 Å². The summed E-state index contributed by atoms with van der Waals surface area (Å²) in [6.45, 7) is 3.17. The summed E-state index contributed by atoms with van der Waals surface area (Å²) in [7, 11) is -5.14. The van der Waals surface area contributed by atoms with Gasteiger partial charge in [-0.3, -0.25) is 4.79 Å². The number of halogens is 1. The molecule has 1 rings (SSSR count). The van der Waals surface area contributed by atoms with Gasteiger partial charge in [-0.2, -0.15) is 8.42 Å². The van der Waals surface area contributed by atoms with E-state index in [-0.39, 0.29) is 24.3 Å². The van der Waals surface area contributed by atoms with E-state index in [0.29, 0.717) is 0 Å². The molecule has 1 N–H and O–H groups in total. The standard InChI is InChI=1S/C12H15FO6S/c1-3-18-11(14)8-12(2,15)9-5-4-6-10(7-9)19-20(13,16)17/h4-7,15H,3,8H2,1-2H3. The molecular formula is C12H15FO6S. The van der Waals surface area contributed by atoms with Crippen LogP contribution in [0.4, 0.5) is 3.89 Å². The molecule has 0 amide bonds. The maximum atomic E-state index is 12.4. The molecule has 1 unspecified atom stereocenters. The van der Waals surface area contributed by atoms with Gasteiger partial charge < -0.3 is 14.0 Å². The van der Waals surface area contributed by atoms with Crippen LogP contribution in [0.5, 0.6) is 5.75 Å². The van der Waals surface area contributed by atoms with Crippen molar-refractivity contribution in [1.82, 2.24) is 0 Å². The first-order valence-corrected chi connectivity index (χ1v) is 7.07. The molecule has 0 radical (unpaired) electrons. The molecule has 1 aromatic carbocycles. The average molecular weight is 306 g/mol. The predicted octanol–water partition coefficient (Wildman–Crippen LogP) is 1.44. The topological polar surface area (TPSA) is 89.9 Å². The highest BCUT2D eigenvalue weighted by Gasteiger charge is 2.28. The van der Waals surface area contributed by atoms with Crippen LogP contribution in [-0.4, -0.2) is 26.1 Å². The van der Waals surface area contributed by atoms with E-state index in [1.165, 1.54) is 25.1 Å². The van der Waals surface area contributed by atoms with E-state index in [1.54, 1.807) is 6.92 Å². The molecule has 1 aromatic rings. The molecule has 20 heavy (non-hydrogen) atoms. The predicted molar refractivity (Wildman–Crippen MR) is 67.9 cm³/mol. The van der Waals surface area contributed by atoms with Crippen molar-refractivity contribution in [1.29, 1.82) is 0 Å². The van der Waals surface area contributed by atoms with Crippen LogP contribution in [-0.2, 0) is 25.6 Å². The van der Waals surface area contributed by atoms with Crippen LogP contribution in [0, 0.1) is 0 Å². The number of aliphatic hydroxyl groups is 1. The van der Waals surface area contributed by atoms with Crippen LogP contribution in [0.15, 0.2) is 24.3 Å². The lowest BCUT2D eigenvalue weighted by atomic mass is 9.92. The second kappa shape index (κ2) is 6.19. The molecular weight excluding hydrogens is 291 g/mol. The molecule has 0 spiro atoms. The van der Waals surface area contributed by atoms with Gasteiger partial charge in [-0.1, -0.05) is 16.0 Å². The fraction of sp³-hybridized carbons (Fsp3) is 0.417. The van der Waals surface area contributed by atoms with E-state index in [4.69, 9.17) is 4.74 Å². The monoisotopic (exact) mass is 306 g/mol. The van der Waals surface area contributed by atoms with Crippen molar-refractivity contribution < 1.29 is 31.1 Å². The molecule has 0 aromatic heterocycles. The van der Waals surface area contributed by atoms with E-state index in [9.17, 15) is 22.2 Å². The van der Waals surface area contributed by atoms with Crippen molar-refractivity contribution in [3.63, 3.8) is 0 Å². The third kappa shape index (κ3) is 5.14. The van der Waals surface area contributed by atoms with Crippen LogP contribution in [0.2, 0.25) is 0 Å². The largest absolute Gasteiger partial charge is 0.488 e. The Kier molecular flexibility index (Phi) is 5.07. The summed E-state index contributed by atoms with van der Waals surface area (Å²) < 4.78 is 42.0. The molecule has 0 aliphatic carbocycles. The number of carbonyl (C=O) groups excluding carboxylic acids is 1. The van der Waals surface area contributed by atoms with Crippen molar-refractivity contribution in [3.05, 3.63) is 29.8 Å². The third-order valence-corrected chi connectivity index (χ3v) is 2.84. The minimum Gasteiger partial charge on any atom is -0.466 e. The highest BCUT2D eigenvalue weighted by molar-refractivity contribution is 7.81. The van der Waals surface area contributed by atoms with Gasteiger partial charge in [0.1, 0.15) is 5.75 Å². The average Bonchev–Trinajstić information content (AvgIpc) is 2.26. The maximum Gasteiger partial charge on any atom is 0.488 e. The summed E-state index contributed by atoms with van der Waals surface area (Å²) in [5, 5.41) is 10.2. The second-order valence-electron chi connectivity index (χ2n) is 4.26. The molecule has 1 atom stereocenters. The fourth-order valence-electron chi connectivity index (χ4n) is 1.59. The first-order chi connectivity index (χ1) is 9.14. The molecule has 0 saturated carbocycles. The fourth-order valence-corrected chi connectivity index (χ4v) is 1.93. The minimum atomic E-state index is -5.14. The first kappa shape index (κ1) is 16.4.